The van der Waals surface area contributed by atoms with Gasteiger partial charge in [0.1, 0.15) is 0 Å². The van der Waals surface area contributed by atoms with Crippen molar-refractivity contribution in [2.75, 3.05) is 27.7 Å². The largest absolute Gasteiger partial charge is 0.556 e. The number of quaternary nitrogens is 1. The van der Waals surface area contributed by atoms with Gasteiger partial charge in [-0.15, -0.1) is 0 Å². The Balaban J connectivity index is 2.27. The Morgan fingerprint density at radius 2 is 2.00 bits per heavy atom. The maximum atomic E-state index is 10.5. The minimum atomic E-state index is -1.26. The first-order chi connectivity index (χ1) is 3.99. The first-order valence-electron chi connectivity index (χ1n) is 2.93. The molecular formula is C5H12NO2P+2. The maximum Gasteiger partial charge on any atom is 0.556 e. The van der Waals surface area contributed by atoms with Crippen LogP contribution < -0.4 is 0 Å². The van der Waals surface area contributed by atoms with Crippen molar-refractivity contribution in [1.82, 2.24) is 0 Å². The van der Waals surface area contributed by atoms with E-state index in [4.69, 9.17) is 4.52 Å². The standard InChI is InChI=1S/C5H12NO2P/c1-6(2,3)4-5-8-9(5)7/h5H,4H2,1-3H3/q+2. The van der Waals surface area contributed by atoms with Crippen molar-refractivity contribution in [1.29, 1.82) is 0 Å². The Kier molecular flexibility index (Phi) is 1.59. The van der Waals surface area contributed by atoms with Crippen LogP contribution in [0.2, 0.25) is 0 Å². The molecule has 1 aliphatic rings. The molecule has 1 aliphatic heterocycles. The predicted octanol–water partition coefficient (Wildman–Crippen LogP) is 0.791. The lowest BCUT2D eigenvalue weighted by Crippen LogP contribution is -2.37. The second kappa shape index (κ2) is 2.01. The molecule has 1 saturated heterocycles. The molecule has 0 aromatic carbocycles. The van der Waals surface area contributed by atoms with E-state index in [0.717, 1.165) is 11.0 Å². The summed E-state index contributed by atoms with van der Waals surface area (Å²) < 4.78 is 16.1. The van der Waals surface area contributed by atoms with Crippen LogP contribution >= 0.6 is 8.03 Å². The van der Waals surface area contributed by atoms with E-state index in [0.29, 0.717) is 0 Å². The van der Waals surface area contributed by atoms with Crippen LogP contribution in [0.1, 0.15) is 0 Å². The smallest absolute Gasteiger partial charge is 0.325 e. The average Bonchev–Trinajstić information content (AvgIpc) is 2.13. The van der Waals surface area contributed by atoms with Crippen LogP contribution in [0.4, 0.5) is 0 Å². The highest BCUT2D eigenvalue weighted by Crippen LogP contribution is 2.50. The molecule has 0 N–H and O–H groups in total. The Morgan fingerprint density at radius 3 is 2.11 bits per heavy atom. The Labute approximate surface area is 56.1 Å². The second-order valence-electron chi connectivity index (χ2n) is 3.32. The lowest BCUT2D eigenvalue weighted by molar-refractivity contribution is -0.870. The summed E-state index contributed by atoms with van der Waals surface area (Å²) in [6.07, 6.45) is 0. The predicted molar refractivity (Wildman–Crippen MR) is 35.4 cm³/mol. The molecule has 4 heteroatoms. The van der Waals surface area contributed by atoms with E-state index in [1.807, 2.05) is 0 Å². The number of nitrogens with zero attached hydrogens (tertiary/aromatic N) is 1. The summed E-state index contributed by atoms with van der Waals surface area (Å²) in [4.78, 5) is 0. The quantitative estimate of drug-likeness (QED) is 0.330. The summed E-state index contributed by atoms with van der Waals surface area (Å²) in [7, 11) is 4.92. The second-order valence-corrected chi connectivity index (χ2v) is 4.68. The Morgan fingerprint density at radius 1 is 1.56 bits per heavy atom. The minimum absolute atomic E-state index is 0.0417. The van der Waals surface area contributed by atoms with Gasteiger partial charge >= 0.3 is 13.9 Å². The molecule has 1 rings (SSSR count). The normalized spacial score (nSPS) is 30.6. The summed E-state index contributed by atoms with van der Waals surface area (Å²) in [6.45, 7) is 0.856. The van der Waals surface area contributed by atoms with E-state index < -0.39 is 8.03 Å². The SMILES string of the molecule is C[N+](C)(C)CC1O[P+]1=O. The fourth-order valence-corrected chi connectivity index (χ4v) is 1.65. The highest BCUT2D eigenvalue weighted by molar-refractivity contribution is 7.46. The van der Waals surface area contributed by atoms with Crippen LogP contribution in [0.25, 0.3) is 0 Å². The van der Waals surface area contributed by atoms with Crippen molar-refractivity contribution in [3.63, 3.8) is 0 Å². The van der Waals surface area contributed by atoms with Crippen LogP contribution in [-0.4, -0.2) is 38.0 Å². The molecule has 0 saturated carbocycles. The molecule has 2 unspecified atom stereocenters. The summed E-state index contributed by atoms with van der Waals surface area (Å²) >= 11 is 0. The van der Waals surface area contributed by atoms with Gasteiger partial charge in [0.05, 0.1) is 21.1 Å². The van der Waals surface area contributed by atoms with E-state index in [2.05, 4.69) is 21.1 Å². The van der Waals surface area contributed by atoms with Crippen LogP contribution in [0.5, 0.6) is 0 Å². The number of hydrogen-bond acceptors (Lipinski definition) is 2. The van der Waals surface area contributed by atoms with E-state index in [1.54, 1.807) is 0 Å². The zero-order valence-corrected chi connectivity index (χ0v) is 6.89. The molecule has 0 aromatic heterocycles. The Hall–Kier alpha value is 0.0200. The van der Waals surface area contributed by atoms with Crippen molar-refractivity contribution in [2.45, 2.75) is 5.85 Å². The lowest BCUT2D eigenvalue weighted by atomic mass is 10.5. The van der Waals surface area contributed by atoms with Crippen LogP contribution in [0.15, 0.2) is 0 Å². The van der Waals surface area contributed by atoms with Crippen LogP contribution in [0, 0.1) is 0 Å². The number of hydrogen-bond donors (Lipinski definition) is 0. The summed E-state index contributed by atoms with van der Waals surface area (Å²) in [5, 5.41) is 0. The topological polar surface area (TPSA) is 29.6 Å². The molecule has 0 aromatic rings. The molecule has 1 heterocycles. The van der Waals surface area contributed by atoms with Gasteiger partial charge in [0.15, 0.2) is 6.54 Å². The highest BCUT2D eigenvalue weighted by Gasteiger charge is 2.59. The van der Waals surface area contributed by atoms with Gasteiger partial charge in [0.2, 0.25) is 0 Å². The van der Waals surface area contributed by atoms with Gasteiger partial charge in [0, 0.05) is 0 Å². The Bertz CT molecular complexity index is 140. The molecule has 52 valence electrons. The van der Waals surface area contributed by atoms with Crippen molar-refractivity contribution in [3.8, 4) is 0 Å². The minimum Gasteiger partial charge on any atom is -0.325 e. The monoisotopic (exact) mass is 149 g/mol. The summed E-state index contributed by atoms with van der Waals surface area (Å²) in [6, 6.07) is 0. The number of likely N-dealkylation sites (N-methyl/N-ethyl adjacent to an activating group) is 1. The average molecular weight is 149 g/mol. The van der Waals surface area contributed by atoms with Gasteiger partial charge in [-0.05, 0) is 4.57 Å². The molecule has 0 amide bonds. The van der Waals surface area contributed by atoms with E-state index >= 15 is 0 Å². The maximum absolute atomic E-state index is 10.5. The van der Waals surface area contributed by atoms with Crippen molar-refractivity contribution < 1.29 is 13.6 Å². The van der Waals surface area contributed by atoms with Crippen molar-refractivity contribution >= 4 is 8.03 Å². The molecule has 1 fully saturated rings. The van der Waals surface area contributed by atoms with Crippen LogP contribution in [0.3, 0.4) is 0 Å². The molecule has 2 atom stereocenters. The molecule has 9 heavy (non-hydrogen) atoms. The lowest BCUT2D eigenvalue weighted by Gasteiger charge is -2.19. The fourth-order valence-electron chi connectivity index (χ4n) is 0.661. The van der Waals surface area contributed by atoms with Crippen LogP contribution in [-0.2, 0) is 9.09 Å². The van der Waals surface area contributed by atoms with Gasteiger partial charge < -0.3 is 4.48 Å². The molecule has 0 radical (unpaired) electrons. The molecule has 0 bridgehead atoms. The molecule has 0 aliphatic carbocycles. The van der Waals surface area contributed by atoms with E-state index in [9.17, 15) is 4.57 Å². The fraction of sp³-hybridized carbons (Fsp3) is 1.00. The molecular weight excluding hydrogens is 137 g/mol. The third-order valence-corrected chi connectivity index (χ3v) is 2.11. The van der Waals surface area contributed by atoms with E-state index in [1.165, 1.54) is 0 Å². The van der Waals surface area contributed by atoms with Gasteiger partial charge in [-0.3, -0.25) is 0 Å². The van der Waals surface area contributed by atoms with Gasteiger partial charge in [0.25, 0.3) is 0 Å². The first kappa shape index (κ1) is 7.13. The zero-order valence-electron chi connectivity index (χ0n) is 6.00. The summed E-state index contributed by atoms with van der Waals surface area (Å²) in [5.74, 6) is 0.0417. The third-order valence-electron chi connectivity index (χ3n) is 1.12. The third kappa shape index (κ3) is 2.39. The zero-order chi connectivity index (χ0) is 7.07. The van der Waals surface area contributed by atoms with Crippen molar-refractivity contribution in [3.05, 3.63) is 0 Å². The van der Waals surface area contributed by atoms with E-state index in [-0.39, 0.29) is 5.85 Å². The van der Waals surface area contributed by atoms with Gasteiger partial charge in [-0.2, -0.15) is 0 Å². The highest BCUT2D eigenvalue weighted by atomic mass is 31.1. The summed E-state index contributed by atoms with van der Waals surface area (Å²) in [5.41, 5.74) is 0. The van der Waals surface area contributed by atoms with Gasteiger partial charge in [-0.1, -0.05) is 4.52 Å². The van der Waals surface area contributed by atoms with Crippen molar-refractivity contribution in [2.24, 2.45) is 0 Å². The first-order valence-corrected chi connectivity index (χ1v) is 4.17. The van der Waals surface area contributed by atoms with Gasteiger partial charge in [-0.25, -0.2) is 0 Å². The molecule has 3 nitrogen and oxygen atoms in total. The molecule has 0 spiro atoms. The number of rotatable bonds is 2.